The highest BCUT2D eigenvalue weighted by molar-refractivity contribution is 6.14. The van der Waals surface area contributed by atoms with Crippen LogP contribution in [0.2, 0.25) is 0 Å². The van der Waals surface area contributed by atoms with Gasteiger partial charge in [-0.05, 0) is 102 Å². The number of fused-ring (bicyclic) bond motifs is 6. The van der Waals surface area contributed by atoms with Crippen LogP contribution in [0.25, 0.3) is 32.4 Å². The fourth-order valence-corrected chi connectivity index (χ4v) is 10.9. The summed E-state index contributed by atoms with van der Waals surface area (Å²) in [5, 5.41) is 75.2. The lowest BCUT2D eigenvalue weighted by molar-refractivity contribution is -0.310. The number of rotatable bonds is 8. The molecule has 9 atom stereocenters. The van der Waals surface area contributed by atoms with Crippen LogP contribution in [0.1, 0.15) is 49.8 Å². The number of nitrogens with one attached hydrogen (secondary N) is 2. The Bertz CT molecular complexity index is 2250. The first kappa shape index (κ1) is 36.5. The maximum Gasteiger partial charge on any atom is 0.343 e. The topological polar surface area (TPSA) is 194 Å². The lowest BCUT2D eigenvalue weighted by Gasteiger charge is -2.57. The molecule has 290 valence electrons. The van der Waals surface area contributed by atoms with Crippen molar-refractivity contribution in [3.63, 3.8) is 0 Å². The lowest BCUT2D eigenvalue weighted by atomic mass is 9.55. The number of hydrogen-bond donors (Lipinski definition) is 8. The van der Waals surface area contributed by atoms with E-state index < -0.39 is 66.3 Å². The number of aliphatic hydroxyl groups excluding tert-OH is 3. The Hall–Kier alpha value is -4.11. The minimum absolute atomic E-state index is 0.0645. The summed E-state index contributed by atoms with van der Waals surface area (Å²) in [6.45, 7) is -0.980. The van der Waals surface area contributed by atoms with E-state index in [1.165, 1.54) is 0 Å². The van der Waals surface area contributed by atoms with Crippen molar-refractivity contribution in [3.8, 4) is 11.5 Å². The standard InChI is InChI=1S/C43H48N2O10/c1-44-20-27-17-26-19-42(51)39(53-36(26)34(35(27)49)41(14-4-5-15-41)28-9-11-29(48)12-10-28)38(55-43(42,52)22-47)40(50)54-37-32(21-46)45-31-13-8-25-16-23-6-2-3-7-24(23)18-30(25)33(31)37/h2-3,6-13,16,18,26-27,34-36,38-39,44-49,51-52H,4-5,14-15,17,19-22H2,1H3/t26-,27+,34+,35-,36+,38-,39+,42-,43+/m1/s1. The molecule has 55 heavy (non-hydrogen) atoms. The van der Waals surface area contributed by atoms with Gasteiger partial charge in [-0.15, -0.1) is 0 Å². The molecule has 0 spiro atoms. The molecule has 4 fully saturated rings. The quantitative estimate of drug-likeness (QED) is 0.0847. The number of aromatic amines is 1. The summed E-state index contributed by atoms with van der Waals surface area (Å²) < 4.78 is 19.0. The Balaban J connectivity index is 1.12. The predicted molar refractivity (Wildman–Crippen MR) is 203 cm³/mol. The minimum atomic E-state index is -2.57. The zero-order valence-corrected chi connectivity index (χ0v) is 30.6. The highest BCUT2D eigenvalue weighted by atomic mass is 16.7. The van der Waals surface area contributed by atoms with E-state index in [2.05, 4.69) is 10.3 Å². The normalized spacial score (nSPS) is 32.9. The minimum Gasteiger partial charge on any atom is -0.508 e. The zero-order chi connectivity index (χ0) is 38.3. The number of carbonyl (C=O) groups excluding carboxylic acids is 1. The van der Waals surface area contributed by atoms with E-state index in [-0.39, 0.29) is 35.4 Å². The Labute approximate surface area is 317 Å². The number of carbonyl (C=O) groups is 1. The van der Waals surface area contributed by atoms with Crippen molar-refractivity contribution < 1.29 is 49.6 Å². The highest BCUT2D eigenvalue weighted by Crippen LogP contribution is 2.59. The number of ether oxygens (including phenoxy) is 3. The second-order valence-corrected chi connectivity index (χ2v) is 16.3. The van der Waals surface area contributed by atoms with Crippen LogP contribution < -0.4 is 10.1 Å². The summed E-state index contributed by atoms with van der Waals surface area (Å²) in [6.07, 6.45) is -0.869. The van der Waals surface area contributed by atoms with E-state index in [0.717, 1.165) is 52.8 Å². The summed E-state index contributed by atoms with van der Waals surface area (Å²) in [7, 11) is 1.83. The predicted octanol–water partition coefficient (Wildman–Crippen LogP) is 3.89. The number of esters is 1. The van der Waals surface area contributed by atoms with Gasteiger partial charge in [0, 0.05) is 17.9 Å². The molecule has 12 heteroatoms. The zero-order valence-electron chi connectivity index (χ0n) is 30.6. The first-order valence-corrected chi connectivity index (χ1v) is 19.3. The largest absolute Gasteiger partial charge is 0.508 e. The first-order valence-electron chi connectivity index (χ1n) is 19.3. The van der Waals surface area contributed by atoms with Gasteiger partial charge < -0.3 is 55.2 Å². The van der Waals surface area contributed by atoms with Gasteiger partial charge in [-0.2, -0.15) is 0 Å². The molecule has 5 aromatic rings. The Morgan fingerprint density at radius 3 is 2.40 bits per heavy atom. The van der Waals surface area contributed by atoms with Gasteiger partial charge in [0.2, 0.25) is 5.79 Å². The molecule has 3 heterocycles. The van der Waals surface area contributed by atoms with Gasteiger partial charge in [0.25, 0.3) is 0 Å². The van der Waals surface area contributed by atoms with Gasteiger partial charge in [-0.25, -0.2) is 4.79 Å². The molecule has 2 aliphatic carbocycles. The third kappa shape index (κ3) is 5.53. The molecule has 1 aromatic heterocycles. The Morgan fingerprint density at radius 1 is 0.982 bits per heavy atom. The number of H-pyrrole nitrogens is 1. The fraction of sp³-hybridized carbons (Fsp3) is 0.465. The van der Waals surface area contributed by atoms with Crippen molar-refractivity contribution >= 4 is 38.4 Å². The van der Waals surface area contributed by atoms with Crippen LogP contribution in [0, 0.1) is 17.8 Å². The molecule has 8 N–H and O–H groups in total. The van der Waals surface area contributed by atoms with E-state index >= 15 is 0 Å². The van der Waals surface area contributed by atoms with Crippen LogP contribution in [-0.4, -0.2) is 97.6 Å². The third-order valence-electron chi connectivity index (χ3n) is 13.4. The highest BCUT2D eigenvalue weighted by Gasteiger charge is 2.72. The summed E-state index contributed by atoms with van der Waals surface area (Å²) in [4.78, 5) is 17.7. The van der Waals surface area contributed by atoms with Crippen molar-refractivity contribution in [2.75, 3.05) is 20.2 Å². The number of hydrogen-bond acceptors (Lipinski definition) is 11. The van der Waals surface area contributed by atoms with Crippen molar-refractivity contribution in [2.45, 2.75) is 86.4 Å². The van der Waals surface area contributed by atoms with Crippen molar-refractivity contribution in [1.29, 1.82) is 0 Å². The van der Waals surface area contributed by atoms with E-state index in [1.807, 2.05) is 67.7 Å². The molecular weight excluding hydrogens is 704 g/mol. The molecule has 9 rings (SSSR count). The van der Waals surface area contributed by atoms with Gasteiger partial charge >= 0.3 is 5.97 Å². The molecule has 4 aliphatic rings. The molecule has 0 radical (unpaired) electrons. The molecule has 2 saturated heterocycles. The molecule has 2 aliphatic heterocycles. The van der Waals surface area contributed by atoms with Crippen molar-refractivity contribution in [1.82, 2.24) is 10.3 Å². The fourth-order valence-electron chi connectivity index (χ4n) is 10.9. The van der Waals surface area contributed by atoms with Gasteiger partial charge in [0.15, 0.2) is 17.5 Å². The van der Waals surface area contributed by atoms with Gasteiger partial charge in [0.1, 0.15) is 18.5 Å². The molecule has 0 amide bonds. The van der Waals surface area contributed by atoms with Crippen LogP contribution in [0.3, 0.4) is 0 Å². The number of phenolic OH excluding ortho intramolecular Hbond substituents is 1. The SMILES string of the molecule is CNC[C@@H]1C[C@@H]2C[C@@]3(O)[C@@H](O[C@@H]2[C@@H](C2(c4ccc(O)cc4)CCCC2)[C@@H]1O)[C@H](C(=O)Oc1c(CO)[nH]c2ccc4cc5ccccc5cc4c12)O[C@@]3(O)CO. The van der Waals surface area contributed by atoms with Gasteiger partial charge in [0.05, 0.1) is 35.4 Å². The number of aliphatic hydroxyl groups is 5. The maximum absolute atomic E-state index is 14.5. The number of aromatic nitrogens is 1. The molecule has 4 aromatic carbocycles. The van der Waals surface area contributed by atoms with Gasteiger partial charge in [-0.3, -0.25) is 0 Å². The second-order valence-electron chi connectivity index (χ2n) is 16.3. The van der Waals surface area contributed by atoms with E-state index in [0.29, 0.717) is 23.9 Å². The van der Waals surface area contributed by atoms with Crippen LogP contribution in [-0.2, 0) is 26.3 Å². The van der Waals surface area contributed by atoms with Crippen LogP contribution in [0.15, 0.2) is 72.8 Å². The number of phenols is 1. The molecule has 0 bridgehead atoms. The van der Waals surface area contributed by atoms with Crippen LogP contribution >= 0.6 is 0 Å². The monoisotopic (exact) mass is 752 g/mol. The Morgan fingerprint density at radius 2 is 1.71 bits per heavy atom. The van der Waals surface area contributed by atoms with Crippen molar-refractivity contribution in [2.24, 2.45) is 17.8 Å². The van der Waals surface area contributed by atoms with Crippen LogP contribution in [0.5, 0.6) is 11.5 Å². The second kappa shape index (κ2) is 13.5. The maximum atomic E-state index is 14.5. The average molecular weight is 753 g/mol. The average Bonchev–Trinajstić information content (AvgIpc) is 3.88. The Kier molecular flexibility index (Phi) is 8.98. The molecule has 12 nitrogen and oxygen atoms in total. The van der Waals surface area contributed by atoms with Gasteiger partial charge in [-0.1, -0.05) is 55.3 Å². The first-order chi connectivity index (χ1) is 26.5. The van der Waals surface area contributed by atoms with E-state index in [9.17, 15) is 35.4 Å². The summed E-state index contributed by atoms with van der Waals surface area (Å²) in [5.74, 6) is -4.39. The summed E-state index contributed by atoms with van der Waals surface area (Å²) in [6, 6.07) is 22.9. The number of aromatic hydroxyl groups is 1. The third-order valence-corrected chi connectivity index (χ3v) is 13.4. The molecule has 0 unspecified atom stereocenters. The summed E-state index contributed by atoms with van der Waals surface area (Å²) in [5.41, 5.74) is -0.889. The summed E-state index contributed by atoms with van der Waals surface area (Å²) >= 11 is 0. The molecular formula is C43H48N2O10. The van der Waals surface area contributed by atoms with Crippen molar-refractivity contribution in [3.05, 3.63) is 84.1 Å². The van der Waals surface area contributed by atoms with Crippen LogP contribution in [0.4, 0.5) is 0 Å². The lowest BCUT2D eigenvalue weighted by Crippen LogP contribution is -2.69. The van der Waals surface area contributed by atoms with E-state index in [1.54, 1.807) is 12.1 Å². The van der Waals surface area contributed by atoms with E-state index in [4.69, 9.17) is 14.2 Å². The smallest absolute Gasteiger partial charge is 0.343 e. The number of benzene rings is 4. The molecule has 2 saturated carbocycles.